The maximum Gasteiger partial charge on any atom is 0.360 e. The van der Waals surface area contributed by atoms with E-state index < -0.39 is 24.4 Å². The van der Waals surface area contributed by atoms with Gasteiger partial charge in [-0.1, -0.05) is 54.6 Å². The number of ether oxygens (including phenoxy) is 1. The van der Waals surface area contributed by atoms with Crippen LogP contribution in [0.3, 0.4) is 0 Å². The average Bonchev–Trinajstić information content (AvgIpc) is 2.95. The SMILES string of the molecule is C=CCOP(=O)(OCC=C)C1=C(C)NC(C)=C(C(=O)OCCN(C)Cc2ccccc2)C1c1cccc([N+](=O)[O-])c1. The molecule has 0 saturated carbocycles. The molecule has 2 aromatic rings. The Balaban J connectivity index is 1.98. The highest BCUT2D eigenvalue weighted by atomic mass is 31.2. The molecule has 1 heterocycles. The number of non-ortho nitro benzene ring substituents is 1. The fourth-order valence-corrected chi connectivity index (χ4v) is 6.60. The Morgan fingerprint density at radius 3 is 2.34 bits per heavy atom. The average molecular weight is 582 g/mol. The summed E-state index contributed by atoms with van der Waals surface area (Å²) >= 11 is 0. The summed E-state index contributed by atoms with van der Waals surface area (Å²) in [7, 11) is -2.15. The molecule has 0 aromatic heterocycles. The Kier molecular flexibility index (Phi) is 11.4. The number of nitro groups is 1. The van der Waals surface area contributed by atoms with Crippen LogP contribution in [0.4, 0.5) is 5.69 Å². The number of dihydropyridines is 1. The van der Waals surface area contributed by atoms with E-state index in [2.05, 4.69) is 18.5 Å². The first-order chi connectivity index (χ1) is 19.6. The maximum absolute atomic E-state index is 14.3. The van der Waals surface area contributed by atoms with Gasteiger partial charge in [-0.15, -0.1) is 13.2 Å². The molecule has 0 radical (unpaired) electrons. The van der Waals surface area contributed by atoms with Crippen molar-refractivity contribution in [3.05, 3.63) is 123 Å². The second kappa shape index (κ2) is 14.7. The van der Waals surface area contributed by atoms with Gasteiger partial charge in [0.25, 0.3) is 5.69 Å². The van der Waals surface area contributed by atoms with Crippen LogP contribution in [-0.2, 0) is 29.7 Å². The molecule has 1 atom stereocenters. The number of carbonyl (C=O) groups excluding carboxylic acids is 1. The molecule has 41 heavy (non-hydrogen) atoms. The quantitative estimate of drug-likeness (QED) is 0.0880. The monoisotopic (exact) mass is 581 g/mol. The molecule has 1 aliphatic rings. The third-order valence-corrected chi connectivity index (χ3v) is 8.54. The van der Waals surface area contributed by atoms with Gasteiger partial charge in [0.15, 0.2) is 0 Å². The summed E-state index contributed by atoms with van der Waals surface area (Å²) in [5.74, 6) is -1.66. The van der Waals surface area contributed by atoms with Gasteiger partial charge in [-0.25, -0.2) is 4.79 Å². The molecule has 3 rings (SSSR count). The van der Waals surface area contributed by atoms with Gasteiger partial charge in [0.05, 0.1) is 34.9 Å². The van der Waals surface area contributed by atoms with E-state index in [1.54, 1.807) is 19.9 Å². The topological polar surface area (TPSA) is 120 Å². The highest BCUT2D eigenvalue weighted by Gasteiger charge is 2.45. The van der Waals surface area contributed by atoms with E-state index in [-0.39, 0.29) is 36.4 Å². The molecule has 11 heteroatoms. The van der Waals surface area contributed by atoms with Gasteiger partial charge in [0.2, 0.25) is 0 Å². The molecule has 10 nitrogen and oxygen atoms in total. The Hall–Kier alpha value is -3.82. The van der Waals surface area contributed by atoms with E-state index in [0.29, 0.717) is 30.0 Å². The first kappa shape index (κ1) is 31.7. The van der Waals surface area contributed by atoms with Gasteiger partial charge in [-0.3, -0.25) is 19.6 Å². The summed E-state index contributed by atoms with van der Waals surface area (Å²) in [6.07, 6.45) is 2.86. The number of nitrogens with one attached hydrogen (secondary N) is 1. The van der Waals surface area contributed by atoms with E-state index in [9.17, 15) is 19.5 Å². The van der Waals surface area contributed by atoms with E-state index in [4.69, 9.17) is 13.8 Å². The van der Waals surface area contributed by atoms with Crippen LogP contribution in [-0.4, -0.2) is 49.2 Å². The number of nitro benzene ring substituents is 1. The van der Waals surface area contributed by atoms with Crippen molar-refractivity contribution in [2.24, 2.45) is 0 Å². The number of nitrogens with zero attached hydrogens (tertiary/aromatic N) is 2. The molecule has 0 aliphatic carbocycles. The van der Waals surface area contributed by atoms with Crippen molar-refractivity contribution in [3.8, 4) is 0 Å². The van der Waals surface area contributed by atoms with Crippen molar-refractivity contribution >= 4 is 19.3 Å². The van der Waals surface area contributed by atoms with Crippen molar-refractivity contribution < 1.29 is 28.1 Å². The first-order valence-corrected chi connectivity index (χ1v) is 14.6. The van der Waals surface area contributed by atoms with Gasteiger partial charge in [0, 0.05) is 36.6 Å². The van der Waals surface area contributed by atoms with Crippen molar-refractivity contribution in [3.63, 3.8) is 0 Å². The summed E-state index contributed by atoms with van der Waals surface area (Å²) in [5, 5.41) is 14.9. The predicted octanol–water partition coefficient (Wildman–Crippen LogP) is 6.06. The van der Waals surface area contributed by atoms with Crippen LogP contribution in [0.15, 0.2) is 102 Å². The van der Waals surface area contributed by atoms with Gasteiger partial charge in [-0.2, -0.15) is 0 Å². The number of rotatable bonds is 15. The van der Waals surface area contributed by atoms with E-state index >= 15 is 0 Å². The van der Waals surface area contributed by atoms with Gasteiger partial charge in [0.1, 0.15) is 6.61 Å². The summed E-state index contributed by atoms with van der Waals surface area (Å²) in [5.41, 5.74) is 2.37. The second-order valence-corrected chi connectivity index (χ2v) is 11.5. The molecule has 1 aliphatic heterocycles. The highest BCUT2D eigenvalue weighted by molar-refractivity contribution is 7.58. The standard InChI is InChI=1S/C30H36N3O7P/c1-6-17-39-41(37,40-18-7-2)29-23(4)31-22(3)27(28(29)25-14-11-15-26(20-25)33(35)36)30(34)38-19-16-32(5)21-24-12-9-8-10-13-24/h6-15,20,28,31H,1-2,16-19,21H2,3-5H3. The van der Waals surface area contributed by atoms with Crippen molar-refractivity contribution in [2.45, 2.75) is 26.3 Å². The van der Waals surface area contributed by atoms with Crippen LogP contribution in [0.2, 0.25) is 0 Å². The molecular weight excluding hydrogens is 545 g/mol. The smallest absolute Gasteiger partial charge is 0.360 e. The summed E-state index contributed by atoms with van der Waals surface area (Å²) in [6.45, 7) is 11.7. The minimum Gasteiger partial charge on any atom is -0.461 e. The van der Waals surface area contributed by atoms with Crippen molar-refractivity contribution in [2.75, 3.05) is 33.4 Å². The minimum atomic E-state index is -4.07. The van der Waals surface area contributed by atoms with Crippen LogP contribution in [0.25, 0.3) is 0 Å². The summed E-state index contributed by atoms with van der Waals surface area (Å²) in [6, 6.07) is 15.8. The lowest BCUT2D eigenvalue weighted by molar-refractivity contribution is -0.384. The molecule has 2 aromatic carbocycles. The number of esters is 1. The fraction of sp³-hybridized carbons (Fsp3) is 0.300. The van der Waals surface area contributed by atoms with Gasteiger partial charge >= 0.3 is 13.6 Å². The van der Waals surface area contributed by atoms with Gasteiger partial charge < -0.3 is 19.1 Å². The predicted molar refractivity (Wildman–Crippen MR) is 158 cm³/mol. The maximum atomic E-state index is 14.3. The molecule has 0 spiro atoms. The Morgan fingerprint density at radius 1 is 1.07 bits per heavy atom. The molecule has 0 bridgehead atoms. The molecule has 1 N–H and O–H groups in total. The first-order valence-electron chi connectivity index (χ1n) is 13.0. The second-order valence-electron chi connectivity index (χ2n) is 9.48. The van der Waals surface area contributed by atoms with E-state index in [1.807, 2.05) is 42.3 Å². The molecule has 0 fully saturated rings. The summed E-state index contributed by atoms with van der Waals surface area (Å²) < 4.78 is 31.4. The van der Waals surface area contributed by atoms with E-state index in [1.165, 1.54) is 30.4 Å². The Morgan fingerprint density at radius 2 is 1.73 bits per heavy atom. The normalized spacial score (nSPS) is 15.5. The minimum absolute atomic E-state index is 0.0935. The number of hydrogen-bond donors (Lipinski definition) is 1. The molecule has 0 saturated heterocycles. The zero-order valence-corrected chi connectivity index (χ0v) is 24.5. The van der Waals surface area contributed by atoms with Crippen LogP contribution in [0.5, 0.6) is 0 Å². The van der Waals surface area contributed by atoms with Crippen LogP contribution in [0.1, 0.15) is 30.9 Å². The number of allylic oxidation sites excluding steroid dienone is 3. The lowest BCUT2D eigenvalue weighted by Gasteiger charge is -2.34. The number of hydrogen-bond acceptors (Lipinski definition) is 9. The van der Waals surface area contributed by atoms with Gasteiger partial charge in [-0.05, 0) is 32.0 Å². The van der Waals surface area contributed by atoms with Crippen LogP contribution in [0, 0.1) is 10.1 Å². The number of likely N-dealkylation sites (N-methyl/N-ethyl adjacent to an activating group) is 1. The highest BCUT2D eigenvalue weighted by Crippen LogP contribution is 2.64. The fourth-order valence-electron chi connectivity index (χ4n) is 4.58. The Bertz CT molecular complexity index is 1370. The van der Waals surface area contributed by atoms with Crippen LogP contribution < -0.4 is 5.32 Å². The Labute approximate surface area is 240 Å². The van der Waals surface area contributed by atoms with Crippen molar-refractivity contribution in [1.82, 2.24) is 10.2 Å². The largest absolute Gasteiger partial charge is 0.461 e. The van der Waals surface area contributed by atoms with Crippen LogP contribution >= 0.6 is 7.60 Å². The number of carbonyl (C=O) groups is 1. The molecular formula is C30H36N3O7P. The van der Waals surface area contributed by atoms with E-state index in [0.717, 1.165) is 5.56 Å². The summed E-state index contributed by atoms with van der Waals surface area (Å²) in [4.78, 5) is 26.8. The lowest BCUT2D eigenvalue weighted by atomic mass is 9.86. The van der Waals surface area contributed by atoms with Crippen molar-refractivity contribution in [1.29, 1.82) is 0 Å². The third-order valence-electron chi connectivity index (χ3n) is 6.38. The zero-order chi connectivity index (χ0) is 30.0. The lowest BCUT2D eigenvalue weighted by Crippen LogP contribution is -2.31. The zero-order valence-electron chi connectivity index (χ0n) is 23.6. The third kappa shape index (κ3) is 8.11. The molecule has 1 unspecified atom stereocenters. The molecule has 218 valence electrons. The molecule has 0 amide bonds. The number of benzene rings is 2.